The third-order valence-electron chi connectivity index (χ3n) is 5.35. The summed E-state index contributed by atoms with van der Waals surface area (Å²) >= 11 is 0. The fraction of sp³-hybridized carbons (Fsp3) is 0.524. The molecule has 1 fully saturated rings. The van der Waals surface area contributed by atoms with Gasteiger partial charge in [-0.25, -0.2) is 4.79 Å². The topological polar surface area (TPSA) is 92.2 Å². The molecular formula is C21H30N6O2. The van der Waals surface area contributed by atoms with Crippen molar-refractivity contribution in [2.45, 2.75) is 39.3 Å². The fourth-order valence-electron chi connectivity index (χ4n) is 3.80. The van der Waals surface area contributed by atoms with Crippen molar-refractivity contribution in [3.8, 4) is 0 Å². The van der Waals surface area contributed by atoms with Gasteiger partial charge in [0.05, 0.1) is 12.2 Å². The summed E-state index contributed by atoms with van der Waals surface area (Å²) in [6.07, 6.45) is 3.63. The van der Waals surface area contributed by atoms with Gasteiger partial charge in [-0.1, -0.05) is 49.4 Å². The number of urea groups is 1. The van der Waals surface area contributed by atoms with Crippen LogP contribution in [0.1, 0.15) is 48.8 Å². The van der Waals surface area contributed by atoms with Gasteiger partial charge in [0.15, 0.2) is 5.69 Å². The highest BCUT2D eigenvalue weighted by atomic mass is 16.2. The van der Waals surface area contributed by atoms with Crippen LogP contribution in [-0.4, -0.2) is 52.0 Å². The minimum absolute atomic E-state index is 0.0190. The molecule has 2 N–H and O–H groups in total. The van der Waals surface area contributed by atoms with Crippen LogP contribution in [0.25, 0.3) is 0 Å². The van der Waals surface area contributed by atoms with Gasteiger partial charge in [-0.3, -0.25) is 9.48 Å². The zero-order chi connectivity index (χ0) is 20.8. The molecule has 8 heteroatoms. The van der Waals surface area contributed by atoms with Gasteiger partial charge in [-0.15, -0.1) is 5.10 Å². The van der Waals surface area contributed by atoms with Crippen LogP contribution in [-0.2, 0) is 6.54 Å². The van der Waals surface area contributed by atoms with Crippen molar-refractivity contribution in [2.75, 3.05) is 20.1 Å². The Labute approximate surface area is 171 Å². The molecule has 2 aromatic rings. The maximum absolute atomic E-state index is 12.9. The number of aromatic nitrogens is 3. The molecule has 0 saturated carbocycles. The second-order valence-corrected chi connectivity index (χ2v) is 7.94. The minimum atomic E-state index is -0.249. The van der Waals surface area contributed by atoms with E-state index >= 15 is 0 Å². The molecule has 8 nitrogen and oxygen atoms in total. The Kier molecular flexibility index (Phi) is 6.85. The third kappa shape index (κ3) is 5.34. The fourth-order valence-corrected chi connectivity index (χ4v) is 3.80. The van der Waals surface area contributed by atoms with Crippen molar-refractivity contribution in [1.29, 1.82) is 0 Å². The smallest absolute Gasteiger partial charge is 0.317 e. The Morgan fingerprint density at radius 2 is 2.00 bits per heavy atom. The Balaban J connectivity index is 1.60. The summed E-state index contributed by atoms with van der Waals surface area (Å²) in [5.74, 6) is 0.324. The number of hydrogen-bond donors (Lipinski definition) is 2. The van der Waals surface area contributed by atoms with Gasteiger partial charge < -0.3 is 15.5 Å². The predicted molar refractivity (Wildman–Crippen MR) is 110 cm³/mol. The van der Waals surface area contributed by atoms with Crippen LogP contribution in [0.2, 0.25) is 0 Å². The van der Waals surface area contributed by atoms with Gasteiger partial charge in [0.1, 0.15) is 0 Å². The minimum Gasteiger partial charge on any atom is -0.354 e. The molecule has 0 spiro atoms. The van der Waals surface area contributed by atoms with Crippen LogP contribution < -0.4 is 10.6 Å². The van der Waals surface area contributed by atoms with Crippen LogP contribution in [0.3, 0.4) is 0 Å². The summed E-state index contributed by atoms with van der Waals surface area (Å²) in [6, 6.07) is 10.0. The van der Waals surface area contributed by atoms with Gasteiger partial charge in [-0.2, -0.15) is 0 Å². The summed E-state index contributed by atoms with van der Waals surface area (Å²) in [6.45, 7) is 6.29. The lowest BCUT2D eigenvalue weighted by atomic mass is 9.95. The molecule has 0 aliphatic carbocycles. The molecule has 1 aromatic heterocycles. The Morgan fingerprint density at radius 3 is 2.69 bits per heavy atom. The van der Waals surface area contributed by atoms with Crippen molar-refractivity contribution < 1.29 is 9.59 Å². The van der Waals surface area contributed by atoms with Gasteiger partial charge in [0, 0.05) is 26.7 Å². The lowest BCUT2D eigenvalue weighted by molar-refractivity contribution is 0.0958. The normalized spacial score (nSPS) is 17.8. The first-order chi connectivity index (χ1) is 14.0. The molecule has 3 rings (SSSR count). The highest BCUT2D eigenvalue weighted by Crippen LogP contribution is 2.23. The largest absolute Gasteiger partial charge is 0.354 e. The zero-order valence-electron chi connectivity index (χ0n) is 17.3. The number of hydrogen-bond acceptors (Lipinski definition) is 4. The summed E-state index contributed by atoms with van der Waals surface area (Å²) in [5.41, 5.74) is 1.43. The number of benzene rings is 1. The Morgan fingerprint density at radius 1 is 1.24 bits per heavy atom. The van der Waals surface area contributed by atoms with Crippen molar-refractivity contribution in [1.82, 2.24) is 30.5 Å². The predicted octanol–water partition coefficient (Wildman–Crippen LogP) is 2.46. The molecule has 2 unspecified atom stereocenters. The van der Waals surface area contributed by atoms with E-state index in [0.717, 1.165) is 24.9 Å². The molecule has 29 heavy (non-hydrogen) atoms. The molecule has 0 radical (unpaired) electrons. The molecule has 1 aliphatic heterocycles. The molecule has 2 heterocycles. The molecular weight excluding hydrogens is 368 g/mol. The molecule has 1 aromatic carbocycles. The highest BCUT2D eigenvalue weighted by molar-refractivity contribution is 5.91. The summed E-state index contributed by atoms with van der Waals surface area (Å²) < 4.78 is 1.69. The first-order valence-corrected chi connectivity index (χ1v) is 10.2. The number of nitrogens with one attached hydrogen (secondary N) is 2. The second-order valence-electron chi connectivity index (χ2n) is 7.94. The molecule has 1 saturated heterocycles. The lowest BCUT2D eigenvalue weighted by Gasteiger charge is -2.34. The molecule has 156 valence electrons. The average molecular weight is 399 g/mol. The highest BCUT2D eigenvalue weighted by Gasteiger charge is 2.27. The number of piperidine rings is 1. The van der Waals surface area contributed by atoms with Gasteiger partial charge >= 0.3 is 6.03 Å². The monoisotopic (exact) mass is 398 g/mol. The average Bonchev–Trinajstić information content (AvgIpc) is 3.20. The van der Waals surface area contributed by atoms with E-state index in [0.29, 0.717) is 24.7 Å². The van der Waals surface area contributed by atoms with Crippen LogP contribution >= 0.6 is 0 Å². The number of likely N-dealkylation sites (tertiary alicyclic amines) is 1. The quantitative estimate of drug-likeness (QED) is 0.782. The molecule has 3 amide bonds. The Hall–Kier alpha value is -2.90. The van der Waals surface area contributed by atoms with Crippen LogP contribution in [0.15, 0.2) is 36.5 Å². The molecule has 2 atom stereocenters. The summed E-state index contributed by atoms with van der Waals surface area (Å²) in [7, 11) is 1.57. The van der Waals surface area contributed by atoms with E-state index in [4.69, 9.17) is 0 Å². The molecule has 1 aliphatic rings. The van der Waals surface area contributed by atoms with Crippen molar-refractivity contribution >= 4 is 11.9 Å². The number of carbonyl (C=O) groups excluding carboxylic acids is 2. The standard InChI is InChI=1S/C21H30N6O2/c1-15(2)19(17-9-5-4-6-10-17)23-21(29)26-11-7-8-16(12-26)13-27-14-18(24-25-27)20(28)22-3/h4-6,9-10,14-16,19H,7-8,11-13H2,1-3H3,(H,22,28)(H,23,29). The van der Waals surface area contributed by atoms with E-state index in [1.807, 2.05) is 23.1 Å². The van der Waals surface area contributed by atoms with E-state index in [1.165, 1.54) is 0 Å². The summed E-state index contributed by atoms with van der Waals surface area (Å²) in [5, 5.41) is 13.7. The first kappa shape index (κ1) is 20.8. The number of amides is 3. The number of carbonyl (C=O) groups is 2. The second kappa shape index (κ2) is 9.54. The van der Waals surface area contributed by atoms with E-state index < -0.39 is 0 Å². The summed E-state index contributed by atoms with van der Waals surface area (Å²) in [4.78, 5) is 26.5. The van der Waals surface area contributed by atoms with Gasteiger partial charge in [-0.05, 0) is 30.2 Å². The van der Waals surface area contributed by atoms with E-state index in [9.17, 15) is 9.59 Å². The van der Waals surface area contributed by atoms with Crippen LogP contribution in [0, 0.1) is 11.8 Å². The van der Waals surface area contributed by atoms with E-state index in [1.54, 1.807) is 17.9 Å². The lowest BCUT2D eigenvalue weighted by Crippen LogP contribution is -2.47. The zero-order valence-corrected chi connectivity index (χ0v) is 17.3. The maximum atomic E-state index is 12.9. The van der Waals surface area contributed by atoms with E-state index in [-0.39, 0.29) is 23.9 Å². The first-order valence-electron chi connectivity index (χ1n) is 10.2. The van der Waals surface area contributed by atoms with Crippen molar-refractivity contribution in [3.05, 3.63) is 47.8 Å². The van der Waals surface area contributed by atoms with Crippen LogP contribution in [0.5, 0.6) is 0 Å². The SMILES string of the molecule is CNC(=O)c1cn(CC2CCCN(C(=O)NC(c3ccccc3)C(C)C)C2)nn1. The van der Waals surface area contributed by atoms with E-state index in [2.05, 4.69) is 46.9 Å². The Bertz CT molecular complexity index is 820. The van der Waals surface area contributed by atoms with Crippen LogP contribution in [0.4, 0.5) is 4.79 Å². The van der Waals surface area contributed by atoms with Gasteiger partial charge in [0.2, 0.25) is 0 Å². The van der Waals surface area contributed by atoms with Crippen molar-refractivity contribution in [3.63, 3.8) is 0 Å². The molecule has 0 bridgehead atoms. The maximum Gasteiger partial charge on any atom is 0.317 e. The third-order valence-corrected chi connectivity index (χ3v) is 5.35. The van der Waals surface area contributed by atoms with Gasteiger partial charge in [0.25, 0.3) is 5.91 Å². The van der Waals surface area contributed by atoms with Crippen molar-refractivity contribution in [2.24, 2.45) is 11.8 Å². The number of nitrogens with zero attached hydrogens (tertiary/aromatic N) is 4. The number of rotatable bonds is 6.